The Morgan fingerprint density at radius 2 is 2.30 bits per heavy atom. The highest BCUT2D eigenvalue weighted by Gasteiger charge is 2.30. The molecule has 3 rings (SSSR count). The number of thiophene rings is 1. The van der Waals surface area contributed by atoms with Crippen molar-refractivity contribution < 1.29 is 9.59 Å². The second-order valence-corrected chi connectivity index (χ2v) is 6.87. The van der Waals surface area contributed by atoms with Crippen molar-refractivity contribution in [2.75, 3.05) is 6.54 Å². The van der Waals surface area contributed by atoms with Gasteiger partial charge in [-0.1, -0.05) is 0 Å². The van der Waals surface area contributed by atoms with E-state index in [1.807, 2.05) is 34.0 Å². The average molecular weight is 332 g/mol. The standard InChI is InChI=1S/C16H20N4O2S/c1-12(21)17-10-14-5-6-15(23-14)16(22)20-9-2-4-13(20)11-19-8-3-7-18-19/h3,5-8,13H,2,4,9-11H2,1H3,(H,17,21)/t13-/m1/s1. The summed E-state index contributed by atoms with van der Waals surface area (Å²) in [6.45, 7) is 3.50. The van der Waals surface area contributed by atoms with Gasteiger partial charge in [-0.2, -0.15) is 5.10 Å². The van der Waals surface area contributed by atoms with Crippen molar-refractivity contribution in [3.8, 4) is 0 Å². The molecule has 1 fully saturated rings. The van der Waals surface area contributed by atoms with E-state index in [2.05, 4.69) is 10.4 Å². The van der Waals surface area contributed by atoms with Gasteiger partial charge in [0.2, 0.25) is 5.91 Å². The summed E-state index contributed by atoms with van der Waals surface area (Å²) in [7, 11) is 0. The van der Waals surface area contributed by atoms with Gasteiger partial charge in [0.25, 0.3) is 5.91 Å². The summed E-state index contributed by atoms with van der Waals surface area (Å²) >= 11 is 1.45. The van der Waals surface area contributed by atoms with Crippen LogP contribution in [0.25, 0.3) is 0 Å². The van der Waals surface area contributed by atoms with Crippen LogP contribution in [0.3, 0.4) is 0 Å². The number of nitrogens with zero attached hydrogens (tertiary/aromatic N) is 3. The zero-order chi connectivity index (χ0) is 16.2. The Labute approximate surface area is 139 Å². The molecule has 23 heavy (non-hydrogen) atoms. The van der Waals surface area contributed by atoms with E-state index in [1.165, 1.54) is 18.3 Å². The normalized spacial score (nSPS) is 17.4. The van der Waals surface area contributed by atoms with Gasteiger partial charge in [0, 0.05) is 30.7 Å². The summed E-state index contributed by atoms with van der Waals surface area (Å²) in [6.07, 6.45) is 5.73. The van der Waals surface area contributed by atoms with E-state index in [0.717, 1.165) is 35.7 Å². The first kappa shape index (κ1) is 15.7. The molecule has 0 aromatic carbocycles. The van der Waals surface area contributed by atoms with Gasteiger partial charge in [-0.25, -0.2) is 0 Å². The van der Waals surface area contributed by atoms with E-state index >= 15 is 0 Å². The first-order chi connectivity index (χ1) is 11.1. The minimum Gasteiger partial charge on any atom is -0.351 e. The van der Waals surface area contributed by atoms with Crippen molar-refractivity contribution in [3.05, 3.63) is 40.3 Å². The molecular weight excluding hydrogens is 312 g/mol. The predicted octanol–water partition coefficient (Wildman–Crippen LogP) is 1.89. The maximum absolute atomic E-state index is 12.8. The lowest BCUT2D eigenvalue weighted by atomic mass is 10.2. The number of rotatable bonds is 5. The molecular formula is C16H20N4O2S. The van der Waals surface area contributed by atoms with Gasteiger partial charge in [0.1, 0.15) is 0 Å². The first-order valence-electron chi connectivity index (χ1n) is 7.75. The van der Waals surface area contributed by atoms with Gasteiger partial charge in [-0.05, 0) is 31.0 Å². The van der Waals surface area contributed by atoms with Crippen LogP contribution < -0.4 is 5.32 Å². The third-order valence-electron chi connectivity index (χ3n) is 3.98. The maximum atomic E-state index is 12.8. The molecule has 2 aromatic heterocycles. The smallest absolute Gasteiger partial charge is 0.264 e. The van der Waals surface area contributed by atoms with E-state index in [-0.39, 0.29) is 17.9 Å². The number of hydrogen-bond acceptors (Lipinski definition) is 4. The number of aromatic nitrogens is 2. The lowest BCUT2D eigenvalue weighted by Gasteiger charge is -2.24. The third-order valence-corrected chi connectivity index (χ3v) is 5.05. The third kappa shape index (κ3) is 3.79. The van der Waals surface area contributed by atoms with Crippen LogP contribution in [0.15, 0.2) is 30.6 Å². The Morgan fingerprint density at radius 1 is 1.43 bits per heavy atom. The summed E-state index contributed by atoms with van der Waals surface area (Å²) < 4.78 is 1.88. The summed E-state index contributed by atoms with van der Waals surface area (Å²) in [4.78, 5) is 27.4. The molecule has 6 nitrogen and oxygen atoms in total. The van der Waals surface area contributed by atoms with Crippen LogP contribution in [-0.4, -0.2) is 39.1 Å². The highest BCUT2D eigenvalue weighted by Crippen LogP contribution is 2.25. The Bertz CT molecular complexity index is 680. The van der Waals surface area contributed by atoms with Crippen LogP contribution in [-0.2, 0) is 17.9 Å². The lowest BCUT2D eigenvalue weighted by molar-refractivity contribution is -0.119. The second kappa shape index (κ2) is 6.95. The van der Waals surface area contributed by atoms with Gasteiger partial charge < -0.3 is 10.2 Å². The molecule has 1 N–H and O–H groups in total. The number of carbonyl (C=O) groups is 2. The Morgan fingerprint density at radius 3 is 3.04 bits per heavy atom. The molecule has 1 saturated heterocycles. The SMILES string of the molecule is CC(=O)NCc1ccc(C(=O)N2CCC[C@@H]2Cn2cccn2)s1. The highest BCUT2D eigenvalue weighted by atomic mass is 32.1. The largest absolute Gasteiger partial charge is 0.351 e. The van der Waals surface area contributed by atoms with Crippen molar-refractivity contribution in [2.24, 2.45) is 0 Å². The predicted molar refractivity (Wildman–Crippen MR) is 88.1 cm³/mol. The van der Waals surface area contributed by atoms with Gasteiger partial charge in [-0.15, -0.1) is 11.3 Å². The van der Waals surface area contributed by atoms with E-state index in [9.17, 15) is 9.59 Å². The summed E-state index contributed by atoms with van der Waals surface area (Å²) in [5.41, 5.74) is 0. The van der Waals surface area contributed by atoms with Crippen LogP contribution >= 0.6 is 11.3 Å². The number of amides is 2. The summed E-state index contributed by atoms with van der Waals surface area (Å²) in [5.74, 6) is 0.0174. The van der Waals surface area contributed by atoms with E-state index in [4.69, 9.17) is 0 Å². The monoisotopic (exact) mass is 332 g/mol. The van der Waals surface area contributed by atoms with Gasteiger partial charge >= 0.3 is 0 Å². The second-order valence-electron chi connectivity index (χ2n) is 5.70. The molecule has 1 aliphatic heterocycles. The van der Waals surface area contributed by atoms with Crippen molar-refractivity contribution >= 4 is 23.2 Å². The van der Waals surface area contributed by atoms with Crippen molar-refractivity contribution in [2.45, 2.75) is 38.9 Å². The van der Waals surface area contributed by atoms with Gasteiger partial charge in [-0.3, -0.25) is 14.3 Å². The van der Waals surface area contributed by atoms with Crippen LogP contribution in [0.1, 0.15) is 34.3 Å². The molecule has 0 bridgehead atoms. The Kier molecular flexibility index (Phi) is 4.76. The molecule has 1 atom stereocenters. The molecule has 2 amide bonds. The summed E-state index contributed by atoms with van der Waals surface area (Å²) in [6, 6.07) is 5.86. The number of nitrogens with one attached hydrogen (secondary N) is 1. The van der Waals surface area contributed by atoms with Crippen LogP contribution in [0.4, 0.5) is 0 Å². The fourth-order valence-electron chi connectivity index (χ4n) is 2.86. The molecule has 1 aliphatic rings. The van der Waals surface area contributed by atoms with Crippen LogP contribution in [0.2, 0.25) is 0 Å². The number of likely N-dealkylation sites (tertiary alicyclic amines) is 1. The Balaban J connectivity index is 1.65. The van der Waals surface area contributed by atoms with Crippen LogP contribution in [0.5, 0.6) is 0 Å². The molecule has 0 unspecified atom stereocenters. The van der Waals surface area contributed by atoms with Crippen molar-refractivity contribution in [3.63, 3.8) is 0 Å². The molecule has 0 aliphatic carbocycles. The molecule has 0 saturated carbocycles. The summed E-state index contributed by atoms with van der Waals surface area (Å²) in [5, 5.41) is 6.99. The Hall–Kier alpha value is -2.15. The molecule has 2 aromatic rings. The fourth-order valence-corrected chi connectivity index (χ4v) is 3.76. The maximum Gasteiger partial charge on any atom is 0.264 e. The number of carbonyl (C=O) groups excluding carboxylic acids is 2. The number of hydrogen-bond donors (Lipinski definition) is 1. The molecule has 7 heteroatoms. The zero-order valence-electron chi connectivity index (χ0n) is 13.1. The highest BCUT2D eigenvalue weighted by molar-refractivity contribution is 7.14. The lowest BCUT2D eigenvalue weighted by Crippen LogP contribution is -2.37. The van der Waals surface area contributed by atoms with Crippen LogP contribution in [0, 0.1) is 0 Å². The zero-order valence-corrected chi connectivity index (χ0v) is 13.9. The quantitative estimate of drug-likeness (QED) is 0.909. The van der Waals surface area contributed by atoms with E-state index < -0.39 is 0 Å². The minimum absolute atomic E-state index is 0.0647. The molecule has 3 heterocycles. The fraction of sp³-hybridized carbons (Fsp3) is 0.438. The van der Waals surface area contributed by atoms with Gasteiger partial charge in [0.05, 0.1) is 24.0 Å². The van der Waals surface area contributed by atoms with Gasteiger partial charge in [0.15, 0.2) is 0 Å². The first-order valence-corrected chi connectivity index (χ1v) is 8.56. The average Bonchev–Trinajstić information content (AvgIpc) is 3.27. The van der Waals surface area contributed by atoms with Crippen molar-refractivity contribution in [1.82, 2.24) is 20.0 Å². The van der Waals surface area contributed by atoms with Crippen molar-refractivity contribution in [1.29, 1.82) is 0 Å². The molecule has 122 valence electrons. The minimum atomic E-state index is -0.0647. The van der Waals surface area contributed by atoms with E-state index in [1.54, 1.807) is 6.20 Å². The molecule has 0 radical (unpaired) electrons. The molecule has 0 spiro atoms. The topological polar surface area (TPSA) is 67.2 Å². The van der Waals surface area contributed by atoms with E-state index in [0.29, 0.717) is 6.54 Å².